The van der Waals surface area contributed by atoms with Gasteiger partial charge in [0.2, 0.25) is 0 Å². The number of aryl methyl sites for hydroxylation is 3. The van der Waals surface area contributed by atoms with Gasteiger partial charge in [-0.3, -0.25) is 0 Å². The third kappa shape index (κ3) is 3.97. The van der Waals surface area contributed by atoms with Crippen LogP contribution in [0.5, 0.6) is 0 Å². The average molecular weight is 219 g/mol. The quantitative estimate of drug-likeness (QED) is 0.770. The van der Waals surface area contributed by atoms with Crippen LogP contribution in [0.1, 0.15) is 42.9 Å². The molecular weight excluding hydrogens is 194 g/mol. The molecule has 0 aliphatic heterocycles. The highest BCUT2D eigenvalue weighted by atomic mass is 14.9. The molecule has 1 rings (SSSR count). The summed E-state index contributed by atoms with van der Waals surface area (Å²) in [5.74, 6) is 0. The van der Waals surface area contributed by atoms with Gasteiger partial charge >= 0.3 is 0 Å². The standard InChI is InChI=1S/C15H25N/c1-5-6-15(16-4)10-9-14-11-12(2)7-8-13(14)3/h7-8,11,15-16H,5-6,9-10H2,1-4H3. The molecule has 1 nitrogen and oxygen atoms in total. The number of nitrogens with one attached hydrogen (secondary N) is 1. The number of benzene rings is 1. The summed E-state index contributed by atoms with van der Waals surface area (Å²) in [6.07, 6.45) is 4.98. The SMILES string of the molecule is CCCC(CCc1cc(C)ccc1C)NC. The average Bonchev–Trinajstić information content (AvgIpc) is 2.28. The first-order valence-corrected chi connectivity index (χ1v) is 6.40. The topological polar surface area (TPSA) is 12.0 Å². The fraction of sp³-hybridized carbons (Fsp3) is 0.600. The first-order chi connectivity index (χ1) is 7.67. The molecule has 16 heavy (non-hydrogen) atoms. The zero-order valence-electron chi connectivity index (χ0n) is 11.1. The molecule has 1 N–H and O–H groups in total. The molecule has 0 fully saturated rings. The van der Waals surface area contributed by atoms with Crippen LogP contribution in [-0.4, -0.2) is 13.1 Å². The lowest BCUT2D eigenvalue weighted by Crippen LogP contribution is -2.25. The van der Waals surface area contributed by atoms with E-state index < -0.39 is 0 Å². The van der Waals surface area contributed by atoms with Crippen LogP contribution in [-0.2, 0) is 6.42 Å². The van der Waals surface area contributed by atoms with E-state index in [1.807, 2.05) is 0 Å². The number of rotatable bonds is 6. The van der Waals surface area contributed by atoms with Gasteiger partial charge in [-0.2, -0.15) is 0 Å². The van der Waals surface area contributed by atoms with E-state index in [1.54, 1.807) is 0 Å². The Morgan fingerprint density at radius 2 is 1.94 bits per heavy atom. The first-order valence-electron chi connectivity index (χ1n) is 6.40. The van der Waals surface area contributed by atoms with Crippen LogP contribution >= 0.6 is 0 Å². The fourth-order valence-corrected chi connectivity index (χ4v) is 2.18. The van der Waals surface area contributed by atoms with Crippen molar-refractivity contribution in [3.05, 3.63) is 34.9 Å². The Hall–Kier alpha value is -0.820. The summed E-state index contributed by atoms with van der Waals surface area (Å²) < 4.78 is 0. The number of hydrogen-bond donors (Lipinski definition) is 1. The Kier molecular flexibility index (Phi) is 5.54. The third-order valence-corrected chi connectivity index (χ3v) is 3.31. The van der Waals surface area contributed by atoms with E-state index in [0.717, 1.165) is 0 Å². The molecule has 0 saturated heterocycles. The molecule has 0 spiro atoms. The van der Waals surface area contributed by atoms with Gasteiger partial charge in [-0.25, -0.2) is 0 Å². The first kappa shape index (κ1) is 13.2. The maximum atomic E-state index is 3.41. The summed E-state index contributed by atoms with van der Waals surface area (Å²) in [6, 6.07) is 7.43. The molecule has 0 aliphatic rings. The molecule has 1 aromatic rings. The largest absolute Gasteiger partial charge is 0.317 e. The Morgan fingerprint density at radius 3 is 2.56 bits per heavy atom. The van der Waals surface area contributed by atoms with Gasteiger partial charge in [-0.05, 0) is 51.3 Å². The molecule has 0 bridgehead atoms. The lowest BCUT2D eigenvalue weighted by Gasteiger charge is -2.16. The molecule has 0 aliphatic carbocycles. The molecule has 1 heteroatoms. The van der Waals surface area contributed by atoms with E-state index in [9.17, 15) is 0 Å². The molecule has 0 saturated carbocycles. The minimum atomic E-state index is 0.671. The van der Waals surface area contributed by atoms with Crippen LogP contribution in [0.15, 0.2) is 18.2 Å². The summed E-state index contributed by atoms with van der Waals surface area (Å²) in [4.78, 5) is 0. The minimum Gasteiger partial charge on any atom is -0.317 e. The van der Waals surface area contributed by atoms with Crippen molar-refractivity contribution in [2.24, 2.45) is 0 Å². The Labute approximate surface area is 100 Å². The molecule has 0 aromatic heterocycles. The smallest absolute Gasteiger partial charge is 0.00671 e. The highest BCUT2D eigenvalue weighted by Gasteiger charge is 2.06. The number of hydrogen-bond acceptors (Lipinski definition) is 1. The van der Waals surface area contributed by atoms with Gasteiger partial charge in [0.05, 0.1) is 0 Å². The van der Waals surface area contributed by atoms with Gasteiger partial charge in [0.1, 0.15) is 0 Å². The molecule has 0 heterocycles. The van der Waals surface area contributed by atoms with E-state index in [-0.39, 0.29) is 0 Å². The van der Waals surface area contributed by atoms with Crippen molar-refractivity contribution in [2.45, 2.75) is 52.5 Å². The lowest BCUT2D eigenvalue weighted by molar-refractivity contribution is 0.483. The summed E-state index contributed by atoms with van der Waals surface area (Å²) in [5, 5.41) is 3.41. The highest BCUT2D eigenvalue weighted by molar-refractivity contribution is 5.30. The van der Waals surface area contributed by atoms with Crippen molar-refractivity contribution in [2.75, 3.05) is 7.05 Å². The Bertz CT molecular complexity index is 317. The van der Waals surface area contributed by atoms with Gasteiger partial charge in [-0.1, -0.05) is 37.1 Å². The summed E-state index contributed by atoms with van der Waals surface area (Å²) >= 11 is 0. The van der Waals surface area contributed by atoms with Gasteiger partial charge < -0.3 is 5.32 Å². The fourth-order valence-electron chi connectivity index (χ4n) is 2.18. The van der Waals surface area contributed by atoms with Crippen molar-refractivity contribution < 1.29 is 0 Å². The predicted octanol–water partition coefficient (Wildman–Crippen LogP) is 3.62. The second kappa shape index (κ2) is 6.70. The normalized spacial score (nSPS) is 12.8. The van der Waals surface area contributed by atoms with E-state index in [1.165, 1.54) is 42.4 Å². The second-order valence-corrected chi connectivity index (χ2v) is 4.74. The summed E-state index contributed by atoms with van der Waals surface area (Å²) in [7, 11) is 2.07. The van der Waals surface area contributed by atoms with Crippen LogP contribution in [0.4, 0.5) is 0 Å². The zero-order chi connectivity index (χ0) is 12.0. The highest BCUT2D eigenvalue weighted by Crippen LogP contribution is 2.14. The van der Waals surface area contributed by atoms with Crippen LogP contribution < -0.4 is 5.32 Å². The van der Waals surface area contributed by atoms with Gasteiger partial charge in [0.25, 0.3) is 0 Å². The van der Waals surface area contributed by atoms with Crippen molar-refractivity contribution in [1.82, 2.24) is 5.32 Å². The van der Waals surface area contributed by atoms with Crippen LogP contribution in [0.2, 0.25) is 0 Å². The molecule has 1 aromatic carbocycles. The molecule has 0 radical (unpaired) electrons. The molecule has 1 atom stereocenters. The van der Waals surface area contributed by atoms with Crippen LogP contribution in [0.3, 0.4) is 0 Å². The monoisotopic (exact) mass is 219 g/mol. The summed E-state index contributed by atoms with van der Waals surface area (Å²) in [5.41, 5.74) is 4.31. The van der Waals surface area contributed by atoms with E-state index in [2.05, 4.69) is 51.3 Å². The van der Waals surface area contributed by atoms with Crippen molar-refractivity contribution in [1.29, 1.82) is 0 Å². The zero-order valence-corrected chi connectivity index (χ0v) is 11.1. The molecule has 1 unspecified atom stereocenters. The van der Waals surface area contributed by atoms with Gasteiger partial charge in [-0.15, -0.1) is 0 Å². The molecular formula is C15H25N. The van der Waals surface area contributed by atoms with Crippen LogP contribution in [0, 0.1) is 13.8 Å². The maximum Gasteiger partial charge on any atom is 0.00671 e. The second-order valence-electron chi connectivity index (χ2n) is 4.74. The predicted molar refractivity (Wildman–Crippen MR) is 72.0 cm³/mol. The summed E-state index contributed by atoms with van der Waals surface area (Å²) in [6.45, 7) is 6.63. The van der Waals surface area contributed by atoms with Crippen LogP contribution in [0.25, 0.3) is 0 Å². The van der Waals surface area contributed by atoms with Crippen molar-refractivity contribution in [3.63, 3.8) is 0 Å². The van der Waals surface area contributed by atoms with Crippen molar-refractivity contribution in [3.8, 4) is 0 Å². The van der Waals surface area contributed by atoms with E-state index in [0.29, 0.717) is 6.04 Å². The van der Waals surface area contributed by atoms with E-state index >= 15 is 0 Å². The van der Waals surface area contributed by atoms with Crippen molar-refractivity contribution >= 4 is 0 Å². The third-order valence-electron chi connectivity index (χ3n) is 3.31. The van der Waals surface area contributed by atoms with E-state index in [4.69, 9.17) is 0 Å². The van der Waals surface area contributed by atoms with Gasteiger partial charge in [0, 0.05) is 6.04 Å². The minimum absolute atomic E-state index is 0.671. The Balaban J connectivity index is 2.55. The maximum absolute atomic E-state index is 3.41. The molecule has 90 valence electrons. The lowest BCUT2D eigenvalue weighted by atomic mass is 9.97. The van der Waals surface area contributed by atoms with Gasteiger partial charge in [0.15, 0.2) is 0 Å². The Morgan fingerprint density at radius 1 is 1.19 bits per heavy atom. The molecule has 0 amide bonds.